The molecule has 0 aromatic carbocycles. The quantitative estimate of drug-likeness (QED) is 0.646. The summed E-state index contributed by atoms with van der Waals surface area (Å²) in [6.07, 6.45) is 3.93. The number of nitrogens with zero attached hydrogens (tertiary/aromatic N) is 1. The molecular weight excluding hydrogens is 180 g/mol. The Labute approximate surface area is 84.0 Å². The van der Waals surface area contributed by atoms with Crippen molar-refractivity contribution in [3.8, 4) is 0 Å². The van der Waals surface area contributed by atoms with Crippen molar-refractivity contribution in [3.63, 3.8) is 0 Å². The molecule has 0 bridgehead atoms. The summed E-state index contributed by atoms with van der Waals surface area (Å²) in [6, 6.07) is -0.331. The molecule has 4 nitrogen and oxygen atoms in total. The molecule has 4 heteroatoms. The first-order valence-corrected chi connectivity index (χ1v) is 4.83. The molecule has 0 aromatic rings. The Bertz CT molecular complexity index is 251. The van der Waals surface area contributed by atoms with E-state index in [0.29, 0.717) is 6.54 Å². The van der Waals surface area contributed by atoms with Crippen LogP contribution in [0.2, 0.25) is 0 Å². The van der Waals surface area contributed by atoms with Crippen molar-refractivity contribution >= 4 is 11.8 Å². The fraction of sp³-hybridized carbons (Fsp3) is 0.600. The lowest BCUT2D eigenvalue weighted by Crippen LogP contribution is -2.46. The van der Waals surface area contributed by atoms with Crippen LogP contribution in [0.15, 0.2) is 12.7 Å². The number of carbonyl (C=O) groups is 2. The summed E-state index contributed by atoms with van der Waals surface area (Å²) in [5.41, 5.74) is 0. The lowest BCUT2D eigenvalue weighted by molar-refractivity contribution is -0.135. The van der Waals surface area contributed by atoms with Gasteiger partial charge in [0.1, 0.15) is 6.04 Å². The normalized spacial score (nSPS) is 22.1. The lowest BCUT2D eigenvalue weighted by Gasteiger charge is -2.24. The van der Waals surface area contributed by atoms with Crippen LogP contribution >= 0.6 is 0 Å². The highest BCUT2D eigenvalue weighted by molar-refractivity contribution is 5.92. The van der Waals surface area contributed by atoms with E-state index in [9.17, 15) is 9.59 Å². The average molecular weight is 196 g/mol. The molecule has 0 aromatic heterocycles. The van der Waals surface area contributed by atoms with Crippen molar-refractivity contribution in [2.75, 3.05) is 13.6 Å². The molecule has 0 saturated carbocycles. The van der Waals surface area contributed by atoms with Crippen LogP contribution in [0, 0.1) is 0 Å². The molecule has 0 radical (unpaired) electrons. The van der Waals surface area contributed by atoms with Gasteiger partial charge in [-0.2, -0.15) is 0 Å². The highest BCUT2D eigenvalue weighted by Gasteiger charge is 2.26. The Morgan fingerprint density at radius 3 is 3.00 bits per heavy atom. The van der Waals surface area contributed by atoms with Crippen LogP contribution in [0.5, 0.6) is 0 Å². The van der Waals surface area contributed by atoms with Crippen molar-refractivity contribution < 1.29 is 9.59 Å². The summed E-state index contributed by atoms with van der Waals surface area (Å²) in [5.74, 6) is -0.257. The number of nitrogens with one attached hydrogen (secondary N) is 1. The van der Waals surface area contributed by atoms with Gasteiger partial charge in [-0.15, -0.1) is 0 Å². The zero-order valence-corrected chi connectivity index (χ0v) is 8.45. The van der Waals surface area contributed by atoms with E-state index in [1.165, 1.54) is 11.0 Å². The van der Waals surface area contributed by atoms with Crippen LogP contribution in [0.25, 0.3) is 0 Å². The monoisotopic (exact) mass is 196 g/mol. The third kappa shape index (κ3) is 2.34. The van der Waals surface area contributed by atoms with E-state index in [4.69, 9.17) is 0 Å². The molecule has 14 heavy (non-hydrogen) atoms. The van der Waals surface area contributed by atoms with Crippen molar-refractivity contribution in [2.24, 2.45) is 0 Å². The number of hydrogen-bond acceptors (Lipinski definition) is 2. The zero-order chi connectivity index (χ0) is 10.6. The molecule has 1 fully saturated rings. The second-order valence-electron chi connectivity index (χ2n) is 3.46. The second kappa shape index (κ2) is 4.79. The van der Waals surface area contributed by atoms with Gasteiger partial charge in [0, 0.05) is 13.6 Å². The summed E-state index contributed by atoms with van der Waals surface area (Å²) in [4.78, 5) is 24.3. The summed E-state index contributed by atoms with van der Waals surface area (Å²) in [7, 11) is 1.64. The Kier molecular flexibility index (Phi) is 3.68. The van der Waals surface area contributed by atoms with Gasteiger partial charge in [-0.1, -0.05) is 6.58 Å². The Morgan fingerprint density at radius 1 is 1.64 bits per heavy atom. The SMILES string of the molecule is C=CC(=O)N(C)C1CCCCNC1=O. The highest BCUT2D eigenvalue weighted by atomic mass is 16.2. The molecule has 78 valence electrons. The molecule has 0 spiro atoms. The zero-order valence-electron chi connectivity index (χ0n) is 8.45. The number of hydrogen-bond donors (Lipinski definition) is 1. The molecule has 1 heterocycles. The highest BCUT2D eigenvalue weighted by Crippen LogP contribution is 2.11. The van der Waals surface area contributed by atoms with Gasteiger partial charge in [-0.3, -0.25) is 9.59 Å². The maximum Gasteiger partial charge on any atom is 0.246 e. The Hall–Kier alpha value is -1.32. The van der Waals surface area contributed by atoms with Gasteiger partial charge in [-0.25, -0.2) is 0 Å². The van der Waals surface area contributed by atoms with Gasteiger partial charge in [0.25, 0.3) is 0 Å². The standard InChI is InChI=1S/C10H16N2O2/c1-3-9(13)12(2)8-6-4-5-7-11-10(8)14/h3,8H,1,4-7H2,2H3,(H,11,14). The average Bonchev–Trinajstić information content (AvgIpc) is 2.40. The summed E-state index contributed by atoms with van der Waals surface area (Å²) in [6.45, 7) is 4.12. The molecule has 1 aliphatic rings. The van der Waals surface area contributed by atoms with E-state index < -0.39 is 0 Å². The molecular formula is C10H16N2O2. The van der Waals surface area contributed by atoms with Crippen molar-refractivity contribution in [3.05, 3.63) is 12.7 Å². The van der Waals surface area contributed by atoms with Gasteiger partial charge < -0.3 is 10.2 Å². The number of amides is 2. The fourth-order valence-corrected chi connectivity index (χ4v) is 1.59. The minimum atomic E-state index is -0.331. The van der Waals surface area contributed by atoms with Gasteiger partial charge in [0.05, 0.1) is 0 Å². The van der Waals surface area contributed by atoms with E-state index in [0.717, 1.165) is 19.3 Å². The van der Waals surface area contributed by atoms with Gasteiger partial charge in [0.2, 0.25) is 11.8 Å². The van der Waals surface area contributed by atoms with E-state index in [-0.39, 0.29) is 17.9 Å². The molecule has 1 aliphatic heterocycles. The predicted octanol–water partition coefficient (Wildman–Crippen LogP) is 0.299. The smallest absolute Gasteiger partial charge is 0.246 e. The predicted molar refractivity (Wildman–Crippen MR) is 53.6 cm³/mol. The van der Waals surface area contributed by atoms with Crippen LogP contribution in [0.3, 0.4) is 0 Å². The maximum atomic E-state index is 11.5. The molecule has 2 amide bonds. The van der Waals surface area contributed by atoms with Crippen LogP contribution in [-0.4, -0.2) is 36.3 Å². The largest absolute Gasteiger partial charge is 0.354 e. The first kappa shape index (κ1) is 10.8. The number of rotatable bonds is 2. The molecule has 1 N–H and O–H groups in total. The Balaban J connectivity index is 2.67. The maximum absolute atomic E-state index is 11.5. The van der Waals surface area contributed by atoms with E-state index in [1.807, 2.05) is 0 Å². The van der Waals surface area contributed by atoms with Crippen molar-refractivity contribution in [1.82, 2.24) is 10.2 Å². The summed E-state index contributed by atoms with van der Waals surface area (Å²) >= 11 is 0. The van der Waals surface area contributed by atoms with Gasteiger partial charge >= 0.3 is 0 Å². The van der Waals surface area contributed by atoms with Gasteiger partial charge in [-0.05, 0) is 25.3 Å². The summed E-state index contributed by atoms with van der Waals surface area (Å²) in [5, 5.41) is 2.79. The second-order valence-corrected chi connectivity index (χ2v) is 3.46. The molecule has 1 rings (SSSR count). The topological polar surface area (TPSA) is 49.4 Å². The van der Waals surface area contributed by atoms with Crippen LogP contribution in [0.1, 0.15) is 19.3 Å². The van der Waals surface area contributed by atoms with Crippen LogP contribution in [-0.2, 0) is 9.59 Å². The minimum Gasteiger partial charge on any atom is -0.354 e. The molecule has 1 unspecified atom stereocenters. The van der Waals surface area contributed by atoms with Crippen molar-refractivity contribution in [2.45, 2.75) is 25.3 Å². The molecule has 0 aliphatic carbocycles. The molecule has 1 saturated heterocycles. The van der Waals surface area contributed by atoms with Crippen LogP contribution in [0.4, 0.5) is 0 Å². The minimum absolute atomic E-state index is 0.0554. The molecule has 1 atom stereocenters. The fourth-order valence-electron chi connectivity index (χ4n) is 1.59. The first-order chi connectivity index (χ1) is 6.66. The van der Waals surface area contributed by atoms with Gasteiger partial charge in [0.15, 0.2) is 0 Å². The number of likely N-dealkylation sites (N-methyl/N-ethyl adjacent to an activating group) is 1. The third-order valence-corrected chi connectivity index (χ3v) is 2.50. The van der Waals surface area contributed by atoms with E-state index in [1.54, 1.807) is 7.05 Å². The lowest BCUT2D eigenvalue weighted by atomic mass is 10.1. The Morgan fingerprint density at radius 2 is 2.36 bits per heavy atom. The van der Waals surface area contributed by atoms with E-state index >= 15 is 0 Å². The first-order valence-electron chi connectivity index (χ1n) is 4.83. The van der Waals surface area contributed by atoms with E-state index in [2.05, 4.69) is 11.9 Å². The summed E-state index contributed by atoms with van der Waals surface area (Å²) < 4.78 is 0. The van der Waals surface area contributed by atoms with Crippen LogP contribution < -0.4 is 5.32 Å². The van der Waals surface area contributed by atoms with Crippen molar-refractivity contribution in [1.29, 1.82) is 0 Å². The number of carbonyl (C=O) groups excluding carboxylic acids is 2. The third-order valence-electron chi connectivity index (χ3n) is 2.50.